The molecule has 2 rings (SSSR count). The molecule has 96 valence electrons. The Labute approximate surface area is 99.9 Å². The Hall–Kier alpha value is -1.30. The van der Waals surface area contributed by atoms with Crippen LogP contribution >= 0.6 is 0 Å². The molecule has 2 fully saturated rings. The summed E-state index contributed by atoms with van der Waals surface area (Å²) in [6.07, 6.45) is 0.162. The van der Waals surface area contributed by atoms with E-state index in [0.29, 0.717) is 13.0 Å². The number of fused-ring (bicyclic) bond motifs is 2. The molecule has 2 N–H and O–H groups in total. The zero-order valence-corrected chi connectivity index (χ0v) is 10.3. The number of carbonyl (C=O) groups excluding carboxylic acids is 1. The van der Waals surface area contributed by atoms with E-state index in [-0.39, 0.29) is 12.1 Å². The molecule has 2 heterocycles. The first-order chi connectivity index (χ1) is 7.79. The van der Waals surface area contributed by atoms with Crippen molar-refractivity contribution in [2.75, 3.05) is 6.54 Å². The van der Waals surface area contributed by atoms with Gasteiger partial charge in [-0.1, -0.05) is 0 Å². The number of carboxylic acids is 1. The fourth-order valence-electron chi connectivity index (χ4n) is 2.49. The quantitative estimate of drug-likeness (QED) is 0.696. The highest BCUT2D eigenvalue weighted by Gasteiger charge is 2.52. The number of hydrogen-bond donors (Lipinski definition) is 2. The Morgan fingerprint density at radius 1 is 1.41 bits per heavy atom. The van der Waals surface area contributed by atoms with Crippen LogP contribution in [0.2, 0.25) is 0 Å². The summed E-state index contributed by atoms with van der Waals surface area (Å²) in [5.74, 6) is -0.976. The van der Waals surface area contributed by atoms with Crippen molar-refractivity contribution in [3.63, 3.8) is 0 Å². The normalized spacial score (nSPS) is 31.7. The number of aliphatic carboxylic acids is 1. The maximum atomic E-state index is 12.0. The molecule has 2 aliphatic heterocycles. The Morgan fingerprint density at radius 3 is 2.59 bits per heavy atom. The van der Waals surface area contributed by atoms with E-state index in [2.05, 4.69) is 5.32 Å². The van der Waals surface area contributed by atoms with Crippen LogP contribution in [0.5, 0.6) is 0 Å². The molecule has 17 heavy (non-hydrogen) atoms. The highest BCUT2D eigenvalue weighted by Crippen LogP contribution is 2.31. The van der Waals surface area contributed by atoms with Crippen molar-refractivity contribution < 1.29 is 19.4 Å². The minimum atomic E-state index is -0.976. The van der Waals surface area contributed by atoms with Crippen molar-refractivity contribution in [1.29, 1.82) is 0 Å². The minimum absolute atomic E-state index is 0.0593. The van der Waals surface area contributed by atoms with Crippen LogP contribution in [0.1, 0.15) is 27.2 Å². The SMILES string of the molecule is CC(C)(C)OC(=O)N1C(C(=O)O)[C@@H]2C[C@H]1CN2. The Kier molecular flexibility index (Phi) is 2.77. The molecule has 0 saturated carbocycles. The molecular formula is C11H18N2O4. The van der Waals surface area contributed by atoms with E-state index in [9.17, 15) is 9.59 Å². The van der Waals surface area contributed by atoms with Crippen molar-refractivity contribution in [3.8, 4) is 0 Å². The van der Waals surface area contributed by atoms with E-state index in [1.807, 2.05) is 0 Å². The highest BCUT2D eigenvalue weighted by atomic mass is 16.6. The second kappa shape index (κ2) is 3.87. The van der Waals surface area contributed by atoms with Crippen LogP contribution < -0.4 is 5.32 Å². The van der Waals surface area contributed by atoms with Crippen LogP contribution in [0, 0.1) is 0 Å². The van der Waals surface area contributed by atoms with Gasteiger partial charge in [-0.2, -0.15) is 0 Å². The van der Waals surface area contributed by atoms with Crippen LogP contribution in [-0.4, -0.2) is 52.3 Å². The third-order valence-electron chi connectivity index (χ3n) is 3.07. The lowest BCUT2D eigenvalue weighted by Crippen LogP contribution is -2.57. The summed E-state index contributed by atoms with van der Waals surface area (Å²) in [4.78, 5) is 24.5. The zero-order valence-electron chi connectivity index (χ0n) is 10.3. The van der Waals surface area contributed by atoms with Crippen LogP contribution in [-0.2, 0) is 9.53 Å². The summed E-state index contributed by atoms with van der Waals surface area (Å²) in [5.41, 5.74) is -0.602. The number of ether oxygens (including phenoxy) is 1. The van der Waals surface area contributed by atoms with Crippen molar-refractivity contribution >= 4 is 12.1 Å². The molecule has 3 atom stereocenters. The molecule has 1 amide bonds. The van der Waals surface area contributed by atoms with E-state index in [1.165, 1.54) is 4.90 Å². The fraction of sp³-hybridized carbons (Fsp3) is 0.818. The largest absolute Gasteiger partial charge is 0.480 e. The molecule has 2 aliphatic rings. The molecule has 0 radical (unpaired) electrons. The number of likely N-dealkylation sites (tertiary alicyclic amines) is 1. The third kappa shape index (κ3) is 2.22. The summed E-state index contributed by atoms with van der Waals surface area (Å²) >= 11 is 0. The van der Waals surface area contributed by atoms with E-state index in [1.54, 1.807) is 20.8 Å². The van der Waals surface area contributed by atoms with Crippen molar-refractivity contribution in [3.05, 3.63) is 0 Å². The van der Waals surface area contributed by atoms with Crippen LogP contribution in [0.25, 0.3) is 0 Å². The van der Waals surface area contributed by atoms with E-state index >= 15 is 0 Å². The molecule has 2 bridgehead atoms. The van der Waals surface area contributed by atoms with Crippen LogP contribution in [0.3, 0.4) is 0 Å². The predicted molar refractivity (Wildman–Crippen MR) is 59.7 cm³/mol. The highest BCUT2D eigenvalue weighted by molar-refractivity contribution is 5.82. The van der Waals surface area contributed by atoms with Crippen molar-refractivity contribution in [2.45, 2.75) is 50.9 Å². The number of carboxylic acid groups (broad SMARTS) is 1. The zero-order chi connectivity index (χ0) is 12.8. The Morgan fingerprint density at radius 2 is 2.06 bits per heavy atom. The van der Waals surface area contributed by atoms with E-state index in [0.717, 1.165) is 0 Å². The van der Waals surface area contributed by atoms with Gasteiger partial charge >= 0.3 is 12.1 Å². The number of carbonyl (C=O) groups is 2. The van der Waals surface area contributed by atoms with E-state index < -0.39 is 23.7 Å². The number of hydrogen-bond acceptors (Lipinski definition) is 4. The number of rotatable bonds is 1. The molecule has 0 aromatic rings. The van der Waals surface area contributed by atoms with Gasteiger partial charge in [0.1, 0.15) is 11.6 Å². The van der Waals surface area contributed by atoms with Gasteiger partial charge in [-0.05, 0) is 27.2 Å². The maximum Gasteiger partial charge on any atom is 0.411 e. The molecule has 0 spiro atoms. The second-order valence-electron chi connectivity index (χ2n) is 5.57. The summed E-state index contributed by atoms with van der Waals surface area (Å²) in [7, 11) is 0. The van der Waals surface area contributed by atoms with Crippen molar-refractivity contribution in [1.82, 2.24) is 10.2 Å². The average Bonchev–Trinajstić information content (AvgIpc) is 2.72. The Bertz CT molecular complexity index is 350. The molecule has 0 aliphatic carbocycles. The molecule has 6 nitrogen and oxygen atoms in total. The number of piperazine rings is 1. The van der Waals surface area contributed by atoms with Gasteiger partial charge in [-0.25, -0.2) is 9.59 Å². The standard InChI is InChI=1S/C11H18N2O4/c1-11(2,3)17-10(16)13-6-4-7(12-5-6)8(13)9(14)15/h6-8,12H,4-5H2,1-3H3,(H,14,15)/t6-,7-,8?/m0/s1. The Balaban J connectivity index is 2.14. The lowest BCUT2D eigenvalue weighted by molar-refractivity contribution is -0.143. The number of nitrogens with zero attached hydrogens (tertiary/aromatic N) is 1. The number of nitrogens with one attached hydrogen (secondary N) is 1. The maximum absolute atomic E-state index is 12.0. The molecule has 0 aromatic carbocycles. The summed E-state index contributed by atoms with van der Waals surface area (Å²) in [6.45, 7) is 5.96. The van der Waals surface area contributed by atoms with Gasteiger partial charge in [0.2, 0.25) is 0 Å². The molecule has 0 aromatic heterocycles. The first-order valence-corrected chi connectivity index (χ1v) is 5.77. The van der Waals surface area contributed by atoms with Gasteiger partial charge in [-0.15, -0.1) is 0 Å². The molecule has 1 unspecified atom stereocenters. The van der Waals surface area contributed by atoms with Gasteiger partial charge < -0.3 is 15.2 Å². The monoisotopic (exact) mass is 242 g/mol. The predicted octanol–water partition coefficient (Wildman–Crippen LogP) is 0.421. The van der Waals surface area contributed by atoms with Crippen molar-refractivity contribution in [2.24, 2.45) is 0 Å². The first-order valence-electron chi connectivity index (χ1n) is 5.77. The molecule has 6 heteroatoms. The van der Waals surface area contributed by atoms with Gasteiger partial charge in [0.05, 0.1) is 6.04 Å². The minimum Gasteiger partial charge on any atom is -0.480 e. The number of amides is 1. The third-order valence-corrected chi connectivity index (χ3v) is 3.07. The van der Waals surface area contributed by atoms with Gasteiger partial charge in [0.25, 0.3) is 0 Å². The topological polar surface area (TPSA) is 78.9 Å². The lowest BCUT2D eigenvalue weighted by Gasteiger charge is -2.34. The van der Waals surface area contributed by atoms with Gasteiger partial charge in [0.15, 0.2) is 0 Å². The average molecular weight is 242 g/mol. The fourth-order valence-corrected chi connectivity index (χ4v) is 2.49. The van der Waals surface area contributed by atoms with Crippen LogP contribution in [0.4, 0.5) is 4.79 Å². The summed E-state index contributed by atoms with van der Waals surface area (Å²) in [6, 6.07) is -1.01. The summed E-state index contributed by atoms with van der Waals surface area (Å²) < 4.78 is 5.25. The van der Waals surface area contributed by atoms with Gasteiger partial charge in [0, 0.05) is 12.6 Å². The van der Waals surface area contributed by atoms with Gasteiger partial charge in [-0.3, -0.25) is 4.90 Å². The van der Waals surface area contributed by atoms with E-state index in [4.69, 9.17) is 9.84 Å². The second-order valence-corrected chi connectivity index (χ2v) is 5.57. The van der Waals surface area contributed by atoms with Crippen LogP contribution in [0.15, 0.2) is 0 Å². The summed E-state index contributed by atoms with van der Waals surface area (Å²) in [5, 5.41) is 12.3. The first kappa shape index (κ1) is 12.2. The molecular weight excluding hydrogens is 224 g/mol. The molecule has 2 saturated heterocycles. The lowest BCUT2D eigenvalue weighted by atomic mass is 10.1. The smallest absolute Gasteiger partial charge is 0.411 e.